The van der Waals surface area contributed by atoms with Crippen molar-refractivity contribution in [3.8, 4) is 22.5 Å². The molecule has 1 aromatic carbocycles. The van der Waals surface area contributed by atoms with Crippen molar-refractivity contribution in [2.75, 3.05) is 0 Å². The molecule has 0 aliphatic heterocycles. The Morgan fingerprint density at radius 3 is 2.64 bits per heavy atom. The molecule has 7 heteroatoms. The van der Waals surface area contributed by atoms with E-state index < -0.39 is 0 Å². The minimum absolute atomic E-state index is 0.661. The summed E-state index contributed by atoms with van der Waals surface area (Å²) in [5, 5.41) is 4.50. The van der Waals surface area contributed by atoms with Gasteiger partial charge in [0.2, 0.25) is 0 Å². The predicted molar refractivity (Wildman–Crippen MR) is 107 cm³/mol. The lowest BCUT2D eigenvalue weighted by molar-refractivity contribution is 0.754. The number of benzene rings is 1. The quantitative estimate of drug-likeness (QED) is 0.475. The summed E-state index contributed by atoms with van der Waals surface area (Å²) < 4.78 is 5.95. The first kappa shape index (κ1) is 16.4. The smallest absolute Gasteiger partial charge is 0.162 e. The van der Waals surface area contributed by atoms with Crippen LogP contribution in [0.25, 0.3) is 28.2 Å². The Balaban J connectivity index is 1.50. The van der Waals surface area contributed by atoms with Crippen molar-refractivity contribution < 1.29 is 0 Å². The molecular weight excluding hydrogens is 350 g/mol. The number of hydrogen-bond acceptors (Lipinski definition) is 4. The lowest BCUT2D eigenvalue weighted by atomic mass is 10.1. The van der Waals surface area contributed by atoms with Crippen molar-refractivity contribution in [3.63, 3.8) is 0 Å². The zero-order valence-electron chi connectivity index (χ0n) is 15.5. The minimum atomic E-state index is 0.661. The topological polar surface area (TPSA) is 65.8 Å². The van der Waals surface area contributed by atoms with E-state index in [4.69, 9.17) is 0 Å². The molecule has 0 atom stereocenters. The number of hydrogen-bond donors (Lipinski definition) is 0. The van der Waals surface area contributed by atoms with E-state index in [-0.39, 0.29) is 0 Å². The van der Waals surface area contributed by atoms with Crippen molar-refractivity contribution in [1.82, 2.24) is 33.7 Å². The minimum Gasteiger partial charge on any atom is -0.337 e. The molecule has 0 N–H and O–H groups in total. The molecule has 7 nitrogen and oxygen atoms in total. The van der Waals surface area contributed by atoms with Crippen LogP contribution in [0.3, 0.4) is 0 Å². The molecule has 4 aromatic heterocycles. The van der Waals surface area contributed by atoms with Gasteiger partial charge in [-0.3, -0.25) is 0 Å². The third kappa shape index (κ3) is 2.87. The van der Waals surface area contributed by atoms with Crippen LogP contribution >= 0.6 is 0 Å². The summed E-state index contributed by atoms with van der Waals surface area (Å²) in [4.78, 5) is 13.7. The largest absolute Gasteiger partial charge is 0.337 e. The molecule has 138 valence electrons. The summed E-state index contributed by atoms with van der Waals surface area (Å²) >= 11 is 0. The average Bonchev–Trinajstić information content (AvgIpc) is 3.48. The third-order valence-electron chi connectivity index (χ3n) is 4.80. The molecule has 0 amide bonds. The van der Waals surface area contributed by atoms with Gasteiger partial charge in [0.15, 0.2) is 5.65 Å². The second-order valence-electron chi connectivity index (χ2n) is 6.61. The maximum absolute atomic E-state index is 4.67. The zero-order chi connectivity index (χ0) is 18.9. The highest BCUT2D eigenvalue weighted by Gasteiger charge is 2.12. The maximum Gasteiger partial charge on any atom is 0.162 e. The average molecular weight is 369 g/mol. The number of aromatic nitrogens is 7. The van der Waals surface area contributed by atoms with E-state index in [0.717, 1.165) is 40.4 Å². The maximum atomic E-state index is 4.67. The van der Waals surface area contributed by atoms with E-state index in [0.29, 0.717) is 6.54 Å². The molecule has 0 bridgehead atoms. The van der Waals surface area contributed by atoms with Crippen LogP contribution in [0.4, 0.5) is 0 Å². The van der Waals surface area contributed by atoms with Gasteiger partial charge in [0.1, 0.15) is 5.82 Å². The first-order chi connectivity index (χ1) is 13.8. The fourth-order valence-corrected chi connectivity index (χ4v) is 3.34. The molecule has 0 spiro atoms. The molecular formula is C21H19N7. The number of nitrogens with zero attached hydrogens (tertiary/aromatic N) is 7. The molecule has 0 saturated heterocycles. The Morgan fingerprint density at radius 2 is 1.82 bits per heavy atom. The van der Waals surface area contributed by atoms with E-state index in [1.807, 2.05) is 53.8 Å². The Morgan fingerprint density at radius 1 is 0.929 bits per heavy atom. The van der Waals surface area contributed by atoms with E-state index in [2.05, 4.69) is 54.4 Å². The molecule has 0 aliphatic carbocycles. The highest BCUT2D eigenvalue weighted by Crippen LogP contribution is 2.25. The number of aryl methyl sites for hydroxylation is 1. The molecule has 5 rings (SSSR count). The van der Waals surface area contributed by atoms with Crippen LogP contribution in [0.15, 0.2) is 73.8 Å². The van der Waals surface area contributed by atoms with Crippen LogP contribution < -0.4 is 0 Å². The van der Waals surface area contributed by atoms with Gasteiger partial charge >= 0.3 is 0 Å². The standard InChI is InChI=1S/C21H19N7/c1-2-26-13-18(24-15-26)14-27-9-8-22-20(27)17-10-23-21-19(11-25-28(21)12-17)16-6-4-3-5-7-16/h3-13,15H,2,14H2,1H3. The summed E-state index contributed by atoms with van der Waals surface area (Å²) in [6.07, 6.45) is 13.4. The molecule has 4 heterocycles. The molecule has 0 radical (unpaired) electrons. The fraction of sp³-hybridized carbons (Fsp3) is 0.143. The summed E-state index contributed by atoms with van der Waals surface area (Å²) in [5.41, 5.74) is 4.86. The summed E-state index contributed by atoms with van der Waals surface area (Å²) in [5.74, 6) is 0.845. The van der Waals surface area contributed by atoms with Crippen LogP contribution in [0.2, 0.25) is 0 Å². The van der Waals surface area contributed by atoms with Crippen LogP contribution in [0.1, 0.15) is 12.6 Å². The fourth-order valence-electron chi connectivity index (χ4n) is 3.34. The van der Waals surface area contributed by atoms with Crippen LogP contribution in [-0.2, 0) is 13.1 Å². The molecule has 0 fully saturated rings. The van der Waals surface area contributed by atoms with Gasteiger partial charge in [0, 0.05) is 43.1 Å². The number of fused-ring (bicyclic) bond motifs is 1. The van der Waals surface area contributed by atoms with Crippen LogP contribution in [0, 0.1) is 0 Å². The first-order valence-corrected chi connectivity index (χ1v) is 9.23. The van der Waals surface area contributed by atoms with Gasteiger partial charge in [-0.1, -0.05) is 30.3 Å². The summed E-state index contributed by atoms with van der Waals surface area (Å²) in [6, 6.07) is 10.2. The van der Waals surface area contributed by atoms with Crippen LogP contribution in [0.5, 0.6) is 0 Å². The molecule has 0 unspecified atom stereocenters. The van der Waals surface area contributed by atoms with E-state index in [1.54, 1.807) is 6.20 Å². The van der Waals surface area contributed by atoms with Gasteiger partial charge in [-0.15, -0.1) is 0 Å². The Kier molecular flexibility index (Phi) is 3.97. The van der Waals surface area contributed by atoms with E-state index >= 15 is 0 Å². The molecule has 0 aliphatic rings. The lowest BCUT2D eigenvalue weighted by Crippen LogP contribution is -2.03. The highest BCUT2D eigenvalue weighted by molar-refractivity contribution is 5.77. The SMILES string of the molecule is CCn1cnc(Cn2ccnc2-c2cnc3c(-c4ccccc4)cnn3c2)c1. The third-order valence-corrected chi connectivity index (χ3v) is 4.80. The van der Waals surface area contributed by atoms with Crippen LogP contribution in [-0.4, -0.2) is 33.7 Å². The van der Waals surface area contributed by atoms with Crippen molar-refractivity contribution in [2.24, 2.45) is 0 Å². The van der Waals surface area contributed by atoms with E-state index in [9.17, 15) is 0 Å². The Hall–Kier alpha value is -3.74. The van der Waals surface area contributed by atoms with Gasteiger partial charge in [-0.2, -0.15) is 5.10 Å². The van der Waals surface area contributed by atoms with Crippen molar-refractivity contribution in [1.29, 1.82) is 0 Å². The second kappa shape index (κ2) is 6.77. The highest BCUT2D eigenvalue weighted by atomic mass is 15.2. The van der Waals surface area contributed by atoms with Gasteiger partial charge < -0.3 is 9.13 Å². The predicted octanol–water partition coefficient (Wildman–Crippen LogP) is 3.52. The van der Waals surface area contributed by atoms with Gasteiger partial charge in [0.05, 0.1) is 30.3 Å². The lowest BCUT2D eigenvalue weighted by Gasteiger charge is -2.07. The van der Waals surface area contributed by atoms with Gasteiger partial charge in [-0.25, -0.2) is 19.5 Å². The monoisotopic (exact) mass is 369 g/mol. The normalized spacial score (nSPS) is 11.3. The molecule has 5 aromatic rings. The zero-order valence-corrected chi connectivity index (χ0v) is 15.5. The molecule has 28 heavy (non-hydrogen) atoms. The number of imidazole rings is 2. The van der Waals surface area contributed by atoms with Crippen molar-refractivity contribution >= 4 is 5.65 Å². The molecule has 0 saturated carbocycles. The van der Waals surface area contributed by atoms with E-state index in [1.165, 1.54) is 0 Å². The Bertz CT molecular complexity index is 1230. The van der Waals surface area contributed by atoms with Gasteiger partial charge in [0.25, 0.3) is 0 Å². The summed E-state index contributed by atoms with van der Waals surface area (Å²) in [6.45, 7) is 3.67. The summed E-state index contributed by atoms with van der Waals surface area (Å²) in [7, 11) is 0. The first-order valence-electron chi connectivity index (χ1n) is 9.23. The number of rotatable bonds is 5. The van der Waals surface area contributed by atoms with Crippen molar-refractivity contribution in [2.45, 2.75) is 20.0 Å². The second-order valence-corrected chi connectivity index (χ2v) is 6.61. The van der Waals surface area contributed by atoms with Crippen molar-refractivity contribution in [3.05, 3.63) is 79.5 Å². The van der Waals surface area contributed by atoms with Gasteiger partial charge in [-0.05, 0) is 12.5 Å². The Labute approximate surface area is 162 Å².